The quantitative estimate of drug-likeness (QED) is 0.116. The molecule has 5 aromatic rings. The number of alkyl carbamates (subject to hydrolysis) is 2. The van der Waals surface area contributed by atoms with Gasteiger partial charge in [-0.25, -0.2) is 24.5 Å². The van der Waals surface area contributed by atoms with E-state index in [-0.39, 0.29) is 31.2 Å². The predicted molar refractivity (Wildman–Crippen MR) is 254 cm³/mol. The van der Waals surface area contributed by atoms with Crippen LogP contribution in [0.2, 0.25) is 0 Å². The van der Waals surface area contributed by atoms with Gasteiger partial charge in [0.1, 0.15) is 17.8 Å². The first kappa shape index (κ1) is 44.8. The number of hydrogen-bond acceptors (Lipinski definition) is 15. The van der Waals surface area contributed by atoms with Gasteiger partial charge in [0.25, 0.3) is 0 Å². The van der Waals surface area contributed by atoms with Crippen molar-refractivity contribution in [2.75, 3.05) is 19.1 Å². The smallest absolute Gasteiger partial charge is 0.407 e. The lowest BCUT2D eigenvalue weighted by Gasteiger charge is -2.43. The number of amides is 2. The molecule has 3 aliphatic heterocycles. The summed E-state index contributed by atoms with van der Waals surface area (Å²) in [5.74, 6) is 5.50. The molecule has 2 saturated carbocycles. The van der Waals surface area contributed by atoms with Crippen molar-refractivity contribution in [1.82, 2.24) is 65.0 Å². The molecule has 0 bridgehead atoms. The van der Waals surface area contributed by atoms with E-state index in [2.05, 4.69) is 72.0 Å². The normalized spacial score (nSPS) is 21.0. The summed E-state index contributed by atoms with van der Waals surface area (Å²) in [7, 11) is 2.71. The summed E-state index contributed by atoms with van der Waals surface area (Å²) < 4.78 is 14.1. The monoisotopic (exact) mass is 921 g/mol. The minimum absolute atomic E-state index is 0.00691. The molecule has 4 atom stereocenters. The Labute approximate surface area is 395 Å². The maximum absolute atomic E-state index is 12.2. The number of ether oxygens (including phenoxy) is 2. The lowest BCUT2D eigenvalue weighted by Crippen LogP contribution is -2.47. The number of hydrogen-bond donors (Lipinski definition) is 2. The Bertz CT molecular complexity index is 2790. The number of fused-ring (bicyclic) bond motifs is 6. The van der Waals surface area contributed by atoms with Crippen LogP contribution >= 0.6 is 0 Å². The molecule has 0 saturated heterocycles. The third kappa shape index (κ3) is 8.14. The van der Waals surface area contributed by atoms with Crippen molar-refractivity contribution in [1.29, 1.82) is 0 Å². The molecule has 2 fully saturated rings. The summed E-state index contributed by atoms with van der Waals surface area (Å²) in [6.45, 7) is 7.11. The van der Waals surface area contributed by atoms with E-state index in [0.29, 0.717) is 24.2 Å². The number of aromatic nitrogens is 10. The Balaban J connectivity index is 0.984. The molecular weight excluding hydrogens is 863 g/mol. The lowest BCUT2D eigenvalue weighted by atomic mass is 9.99. The summed E-state index contributed by atoms with van der Waals surface area (Å²) in [6.07, 6.45) is 23.4. The second-order valence-corrected chi connectivity index (χ2v) is 18.2. The summed E-state index contributed by atoms with van der Waals surface area (Å²) in [4.78, 5) is 54.0. The second-order valence-electron chi connectivity index (χ2n) is 18.2. The zero-order chi connectivity index (χ0) is 46.9. The van der Waals surface area contributed by atoms with Crippen LogP contribution in [-0.2, 0) is 29.0 Å². The molecule has 10 rings (SSSR count). The van der Waals surface area contributed by atoms with Crippen molar-refractivity contribution < 1.29 is 19.1 Å². The van der Waals surface area contributed by atoms with Gasteiger partial charge in [-0.05, 0) is 87.0 Å². The first-order valence-electron chi connectivity index (χ1n) is 24.1. The molecule has 5 aliphatic rings. The van der Waals surface area contributed by atoms with E-state index in [9.17, 15) is 9.59 Å². The molecule has 0 aromatic carbocycles. The fourth-order valence-corrected chi connectivity index (χ4v) is 11.2. The lowest BCUT2D eigenvalue weighted by molar-refractivity contribution is 0.169. The molecule has 19 nitrogen and oxygen atoms in total. The summed E-state index contributed by atoms with van der Waals surface area (Å²) >= 11 is 0. The van der Waals surface area contributed by atoms with E-state index in [1.165, 1.54) is 32.6 Å². The first-order valence-corrected chi connectivity index (χ1v) is 24.1. The number of rotatable bonds is 13. The Morgan fingerprint density at radius 1 is 0.794 bits per heavy atom. The van der Waals surface area contributed by atoms with Crippen molar-refractivity contribution >= 4 is 35.2 Å². The Morgan fingerprint density at radius 2 is 1.50 bits per heavy atom. The summed E-state index contributed by atoms with van der Waals surface area (Å²) in [5.41, 5.74) is 7.41. The maximum atomic E-state index is 12.2. The number of aliphatic imine (C=N–C) groups is 1. The van der Waals surface area contributed by atoms with Crippen molar-refractivity contribution in [2.45, 2.75) is 135 Å². The largest absolute Gasteiger partial charge is 0.453 e. The Hall–Kier alpha value is -7.05. The van der Waals surface area contributed by atoms with Gasteiger partial charge in [0, 0.05) is 73.1 Å². The van der Waals surface area contributed by atoms with E-state index in [4.69, 9.17) is 34.6 Å². The van der Waals surface area contributed by atoms with Crippen LogP contribution in [0.1, 0.15) is 138 Å². The van der Waals surface area contributed by atoms with Crippen LogP contribution in [0.4, 0.5) is 15.4 Å². The van der Waals surface area contributed by atoms with Gasteiger partial charge in [0.05, 0.1) is 43.9 Å². The molecular formula is C49H59N15O4. The van der Waals surface area contributed by atoms with Crippen LogP contribution in [0.5, 0.6) is 0 Å². The zero-order valence-electron chi connectivity index (χ0n) is 39.4. The van der Waals surface area contributed by atoms with Crippen molar-refractivity contribution in [3.8, 4) is 17.1 Å². The number of anilines is 1. The van der Waals surface area contributed by atoms with Crippen LogP contribution < -0.4 is 15.5 Å². The van der Waals surface area contributed by atoms with Gasteiger partial charge in [-0.1, -0.05) is 39.7 Å². The van der Waals surface area contributed by atoms with E-state index < -0.39 is 12.2 Å². The Morgan fingerprint density at radius 3 is 2.21 bits per heavy atom. The summed E-state index contributed by atoms with van der Waals surface area (Å²) in [5, 5.41) is 24.7. The molecule has 0 spiro atoms. The molecule has 0 radical (unpaired) electrons. The Kier molecular flexibility index (Phi) is 12.7. The number of methoxy groups -OCH3 is 2. The highest BCUT2D eigenvalue weighted by atomic mass is 16.5. The molecule has 5 aromatic heterocycles. The van der Waals surface area contributed by atoms with Gasteiger partial charge in [0.15, 0.2) is 29.1 Å². The molecule has 2 N–H and O–H groups in total. The summed E-state index contributed by atoms with van der Waals surface area (Å²) in [6, 6.07) is 4.35. The van der Waals surface area contributed by atoms with E-state index in [1.54, 1.807) is 24.9 Å². The van der Waals surface area contributed by atoms with Gasteiger partial charge in [-0.15, -0.1) is 20.4 Å². The highest BCUT2D eigenvalue weighted by Crippen LogP contribution is 2.47. The number of carbonyl (C=O) groups is 2. The second kappa shape index (κ2) is 19.3. The van der Waals surface area contributed by atoms with Crippen LogP contribution in [0.25, 0.3) is 28.5 Å². The maximum Gasteiger partial charge on any atom is 0.407 e. The van der Waals surface area contributed by atoms with Crippen LogP contribution in [-0.4, -0.2) is 98.7 Å². The molecule has 68 heavy (non-hydrogen) atoms. The topological polar surface area (TPSA) is 208 Å². The standard InChI is InChI=1S/C49H59N15O4/c1-6-30-14-16-39-44(56-42(30)35-17-19-50-23-31(35)25-53-48(65)67-4)62(33-11-9-10-12-33)38(8-3)47-60-58-41(64(39)47)22-29-13-15-34(21-29)63-37(7-2)46-59-55-28-61(46)40-27-52-43(57-45(40)63)36-18-20-51-24-32(36)26-54-49(66)68-5/h16-20,23-24,27-29,33-34,37-38H,6-15,21-22,25-26H2,1-5H3,(H,53,65)(H,54,66). The van der Waals surface area contributed by atoms with Crippen LogP contribution in [0.15, 0.2) is 66.1 Å². The van der Waals surface area contributed by atoms with Crippen molar-refractivity contribution in [3.63, 3.8) is 0 Å². The number of pyridine rings is 2. The number of amidine groups is 1. The molecule has 8 heterocycles. The third-order valence-corrected chi connectivity index (χ3v) is 14.5. The number of nitrogens with zero attached hydrogens (tertiary/aromatic N) is 13. The molecule has 19 heteroatoms. The molecule has 4 unspecified atom stereocenters. The third-order valence-electron chi connectivity index (χ3n) is 14.5. The molecule has 2 aliphatic carbocycles. The van der Waals surface area contributed by atoms with Gasteiger partial charge in [-0.3, -0.25) is 19.1 Å². The molecule has 354 valence electrons. The minimum atomic E-state index is -0.527. The zero-order valence-corrected chi connectivity index (χ0v) is 39.4. The van der Waals surface area contributed by atoms with Gasteiger partial charge < -0.3 is 29.9 Å². The SMILES string of the molecule is CCC1=C(c2ccncc2CNC(=O)OC)N=C2C(=CC1)n1c(CC3CCC(N4c5nc(-c6ccncc6CNC(=O)OC)ncc5-n5cnnc5C4CC)C3)nnc1C(CC)N2C1CCCC1. The highest BCUT2D eigenvalue weighted by Gasteiger charge is 2.44. The number of allylic oxidation sites excluding steroid dienone is 2. The first-order chi connectivity index (χ1) is 33.3. The average Bonchev–Trinajstić information content (AvgIpc) is 4.23. The highest BCUT2D eigenvalue weighted by molar-refractivity contribution is 6.20. The van der Waals surface area contributed by atoms with Crippen LogP contribution in [0, 0.1) is 5.92 Å². The fraction of sp³-hybridized carbons (Fsp3) is 0.490. The van der Waals surface area contributed by atoms with E-state index >= 15 is 0 Å². The minimum Gasteiger partial charge on any atom is -0.453 e. The fourth-order valence-electron chi connectivity index (χ4n) is 11.2. The molecule has 2 amide bonds. The van der Waals surface area contributed by atoms with Crippen LogP contribution in [0.3, 0.4) is 0 Å². The number of carbonyl (C=O) groups excluding carboxylic acids is 2. The van der Waals surface area contributed by atoms with Gasteiger partial charge >= 0.3 is 12.2 Å². The van der Waals surface area contributed by atoms with E-state index in [0.717, 1.165) is 126 Å². The average molecular weight is 922 g/mol. The predicted octanol–water partition coefficient (Wildman–Crippen LogP) is 7.67. The van der Waals surface area contributed by atoms with Crippen molar-refractivity contribution in [3.05, 3.63) is 95.3 Å². The van der Waals surface area contributed by atoms with Gasteiger partial charge in [-0.2, -0.15) is 0 Å². The van der Waals surface area contributed by atoms with Gasteiger partial charge in [0.2, 0.25) is 0 Å². The van der Waals surface area contributed by atoms with E-state index in [1.807, 2.05) is 29.1 Å². The number of nitrogens with one attached hydrogen (secondary N) is 2. The van der Waals surface area contributed by atoms with Crippen molar-refractivity contribution in [2.24, 2.45) is 10.9 Å².